The molecule has 0 bridgehead atoms. The smallest absolute Gasteiger partial charge is 0.359 e. The molecule has 1 saturated heterocycles. The largest absolute Gasteiger partial charge is 0.417 e. The fraction of sp³-hybridized carbons (Fsp3) is 0.368. The van der Waals surface area contributed by atoms with E-state index in [1.165, 1.54) is 16.9 Å². The molecular formula is C19H18F3N5O2. The van der Waals surface area contributed by atoms with Crippen molar-refractivity contribution in [2.45, 2.75) is 38.9 Å². The van der Waals surface area contributed by atoms with E-state index in [1.807, 2.05) is 13.0 Å². The highest BCUT2D eigenvalue weighted by molar-refractivity contribution is 5.95. The second kappa shape index (κ2) is 7.02. The van der Waals surface area contributed by atoms with Gasteiger partial charge in [-0.05, 0) is 38.8 Å². The highest BCUT2D eigenvalue weighted by Gasteiger charge is 2.35. The quantitative estimate of drug-likeness (QED) is 0.661. The lowest BCUT2D eigenvalue weighted by Gasteiger charge is -2.22. The molecule has 152 valence electrons. The van der Waals surface area contributed by atoms with Gasteiger partial charge in [-0.3, -0.25) is 4.79 Å². The van der Waals surface area contributed by atoms with Gasteiger partial charge in [-0.15, -0.1) is 0 Å². The van der Waals surface area contributed by atoms with Gasteiger partial charge < -0.3 is 9.42 Å². The molecule has 10 heteroatoms. The summed E-state index contributed by atoms with van der Waals surface area (Å²) in [5.41, 5.74) is 0.776. The lowest BCUT2D eigenvalue weighted by molar-refractivity contribution is -0.137. The predicted molar refractivity (Wildman–Crippen MR) is 95.3 cm³/mol. The summed E-state index contributed by atoms with van der Waals surface area (Å²) in [6, 6.07) is 3.79. The van der Waals surface area contributed by atoms with Crippen LogP contribution < -0.4 is 0 Å². The van der Waals surface area contributed by atoms with Crippen molar-refractivity contribution in [2.75, 3.05) is 6.54 Å². The van der Waals surface area contributed by atoms with Crippen LogP contribution in [0.15, 0.2) is 35.1 Å². The van der Waals surface area contributed by atoms with E-state index in [1.54, 1.807) is 11.8 Å². The Morgan fingerprint density at radius 3 is 2.66 bits per heavy atom. The Hall–Kier alpha value is -3.17. The summed E-state index contributed by atoms with van der Waals surface area (Å²) < 4.78 is 44.9. The molecule has 1 amide bonds. The summed E-state index contributed by atoms with van der Waals surface area (Å²) in [6.45, 7) is 4.08. The van der Waals surface area contributed by atoms with Crippen molar-refractivity contribution >= 4 is 5.91 Å². The van der Waals surface area contributed by atoms with Gasteiger partial charge in [0.25, 0.3) is 5.91 Å². The third-order valence-corrected chi connectivity index (χ3v) is 5.02. The molecule has 29 heavy (non-hydrogen) atoms. The van der Waals surface area contributed by atoms with Gasteiger partial charge in [-0.1, -0.05) is 5.16 Å². The first-order valence-corrected chi connectivity index (χ1v) is 9.08. The van der Waals surface area contributed by atoms with Crippen LogP contribution in [0.5, 0.6) is 0 Å². The zero-order chi connectivity index (χ0) is 20.8. The topological polar surface area (TPSA) is 77.0 Å². The molecule has 1 atom stereocenters. The number of nitrogens with zero attached hydrogens (tertiary/aromatic N) is 5. The van der Waals surface area contributed by atoms with Crippen molar-refractivity contribution in [3.8, 4) is 5.82 Å². The molecule has 1 aliphatic heterocycles. The maximum absolute atomic E-state index is 13.1. The molecule has 3 aromatic rings. The standard InChI is InChI=1S/C19H18F3N5O2/c1-11-8-16(29-25-11)15-4-3-7-26(15)18(28)14-10-24-27(12(14)2)17-6-5-13(9-23-17)19(20,21)22/h5-6,8-10,15H,3-4,7H2,1-2H3/t15-/m0/s1. The summed E-state index contributed by atoms with van der Waals surface area (Å²) in [5.74, 6) is 0.637. The first-order chi connectivity index (χ1) is 13.8. The fourth-order valence-corrected chi connectivity index (χ4v) is 3.53. The van der Waals surface area contributed by atoms with Crippen LogP contribution in [0, 0.1) is 13.8 Å². The average molecular weight is 405 g/mol. The van der Waals surface area contributed by atoms with Crippen LogP contribution in [0.4, 0.5) is 13.2 Å². The minimum absolute atomic E-state index is 0.198. The van der Waals surface area contributed by atoms with Gasteiger partial charge in [0.15, 0.2) is 11.6 Å². The second-order valence-corrected chi connectivity index (χ2v) is 6.99. The number of amides is 1. The Kier molecular flexibility index (Phi) is 4.64. The van der Waals surface area contributed by atoms with Gasteiger partial charge in [-0.25, -0.2) is 9.67 Å². The van der Waals surface area contributed by atoms with Crippen molar-refractivity contribution in [3.05, 3.63) is 58.9 Å². The van der Waals surface area contributed by atoms with E-state index >= 15 is 0 Å². The number of halogens is 3. The molecule has 0 N–H and O–H groups in total. The molecule has 0 saturated carbocycles. The second-order valence-electron chi connectivity index (χ2n) is 6.99. The third-order valence-electron chi connectivity index (χ3n) is 5.02. The molecule has 0 aliphatic carbocycles. The normalized spacial score (nSPS) is 17.1. The van der Waals surface area contributed by atoms with Gasteiger partial charge in [0.2, 0.25) is 0 Å². The number of carbonyl (C=O) groups is 1. The Balaban J connectivity index is 1.60. The van der Waals surface area contributed by atoms with E-state index in [2.05, 4.69) is 15.2 Å². The first kappa shape index (κ1) is 19.2. The molecule has 0 radical (unpaired) electrons. The number of carbonyl (C=O) groups excluding carboxylic acids is 1. The Morgan fingerprint density at radius 2 is 2.03 bits per heavy atom. The number of rotatable bonds is 3. The van der Waals surface area contributed by atoms with Crippen LogP contribution in [0.1, 0.15) is 52.0 Å². The Bertz CT molecular complexity index is 1040. The molecule has 0 aromatic carbocycles. The molecule has 0 spiro atoms. The van der Waals surface area contributed by atoms with E-state index in [4.69, 9.17) is 4.52 Å². The summed E-state index contributed by atoms with van der Waals surface area (Å²) in [4.78, 5) is 18.7. The summed E-state index contributed by atoms with van der Waals surface area (Å²) >= 11 is 0. The minimum Gasteiger partial charge on any atom is -0.359 e. The molecule has 0 unspecified atom stereocenters. The van der Waals surface area contributed by atoms with E-state index < -0.39 is 11.7 Å². The van der Waals surface area contributed by atoms with Crippen molar-refractivity contribution in [1.82, 2.24) is 24.8 Å². The number of pyridine rings is 1. The van der Waals surface area contributed by atoms with Gasteiger partial charge in [0, 0.05) is 18.8 Å². The number of aromatic nitrogens is 4. The lowest BCUT2D eigenvalue weighted by atomic mass is 10.1. The average Bonchev–Trinajstić information content (AvgIpc) is 3.40. The van der Waals surface area contributed by atoms with E-state index in [-0.39, 0.29) is 17.8 Å². The maximum Gasteiger partial charge on any atom is 0.417 e. The zero-order valence-electron chi connectivity index (χ0n) is 15.8. The van der Waals surface area contributed by atoms with Crippen LogP contribution in [0.2, 0.25) is 0 Å². The van der Waals surface area contributed by atoms with Crippen LogP contribution in [0.3, 0.4) is 0 Å². The molecule has 1 aliphatic rings. The highest BCUT2D eigenvalue weighted by atomic mass is 19.4. The summed E-state index contributed by atoms with van der Waals surface area (Å²) in [7, 11) is 0. The number of aryl methyl sites for hydroxylation is 1. The van der Waals surface area contributed by atoms with Gasteiger partial charge in [-0.2, -0.15) is 18.3 Å². The highest BCUT2D eigenvalue weighted by Crippen LogP contribution is 2.34. The minimum atomic E-state index is -4.46. The van der Waals surface area contributed by atoms with Crippen LogP contribution >= 0.6 is 0 Å². The van der Waals surface area contributed by atoms with Crippen LogP contribution in [-0.4, -0.2) is 37.3 Å². The van der Waals surface area contributed by atoms with Crippen molar-refractivity contribution in [1.29, 1.82) is 0 Å². The SMILES string of the molecule is Cc1cc([C@@H]2CCCN2C(=O)c2cnn(-c3ccc(C(F)(F)F)cn3)c2C)on1. The molecular weight excluding hydrogens is 387 g/mol. The maximum atomic E-state index is 13.1. The van der Waals surface area contributed by atoms with Crippen molar-refractivity contribution in [3.63, 3.8) is 0 Å². The Labute approximate surface area is 164 Å². The van der Waals surface area contributed by atoms with Crippen molar-refractivity contribution in [2.24, 2.45) is 0 Å². The molecule has 1 fully saturated rings. The Morgan fingerprint density at radius 1 is 1.24 bits per heavy atom. The van der Waals surface area contributed by atoms with E-state index in [9.17, 15) is 18.0 Å². The summed E-state index contributed by atoms with van der Waals surface area (Å²) in [6.07, 6.45) is -0.688. The number of alkyl halides is 3. The molecule has 7 nitrogen and oxygen atoms in total. The monoisotopic (exact) mass is 405 g/mol. The zero-order valence-corrected chi connectivity index (χ0v) is 15.8. The van der Waals surface area contributed by atoms with Crippen LogP contribution in [-0.2, 0) is 6.18 Å². The van der Waals surface area contributed by atoms with Gasteiger partial charge >= 0.3 is 6.18 Å². The van der Waals surface area contributed by atoms with E-state index in [0.717, 1.165) is 30.8 Å². The third kappa shape index (κ3) is 3.50. The molecule has 4 heterocycles. The number of hydrogen-bond donors (Lipinski definition) is 0. The van der Waals surface area contributed by atoms with Gasteiger partial charge in [0.05, 0.1) is 34.8 Å². The number of hydrogen-bond acceptors (Lipinski definition) is 5. The molecule has 3 aromatic heterocycles. The first-order valence-electron chi connectivity index (χ1n) is 9.08. The van der Waals surface area contributed by atoms with E-state index in [0.29, 0.717) is 23.6 Å². The number of likely N-dealkylation sites (tertiary alicyclic amines) is 1. The fourth-order valence-electron chi connectivity index (χ4n) is 3.53. The summed E-state index contributed by atoms with van der Waals surface area (Å²) in [5, 5.41) is 8.06. The van der Waals surface area contributed by atoms with Crippen LogP contribution in [0.25, 0.3) is 5.82 Å². The predicted octanol–water partition coefficient (Wildman–Crippen LogP) is 3.87. The lowest BCUT2D eigenvalue weighted by Crippen LogP contribution is -2.30. The molecule has 4 rings (SSSR count). The van der Waals surface area contributed by atoms with Crippen molar-refractivity contribution < 1.29 is 22.5 Å². The van der Waals surface area contributed by atoms with Gasteiger partial charge in [0.1, 0.15) is 0 Å².